The first-order chi connectivity index (χ1) is 11.0. The number of methoxy groups -OCH3 is 1. The minimum atomic E-state index is -3.05. The third kappa shape index (κ3) is 5.44. The first-order valence-electron chi connectivity index (χ1n) is 6.69. The summed E-state index contributed by atoms with van der Waals surface area (Å²) < 4.78 is 34.1. The van der Waals surface area contributed by atoms with Crippen molar-refractivity contribution in [3.05, 3.63) is 23.8 Å². The van der Waals surface area contributed by atoms with Crippen LogP contribution >= 0.6 is 0 Å². The van der Waals surface area contributed by atoms with E-state index in [1.165, 1.54) is 24.1 Å². The number of hydrogen-bond acceptors (Lipinski definition) is 5. The first kappa shape index (κ1) is 18.2. The van der Waals surface area contributed by atoms with Crippen LogP contribution in [0.3, 0.4) is 0 Å². The van der Waals surface area contributed by atoms with Gasteiger partial charge < -0.3 is 14.4 Å². The van der Waals surface area contributed by atoms with Crippen LogP contribution in [0, 0.1) is 22.7 Å². The minimum absolute atomic E-state index is 0.0717. The van der Waals surface area contributed by atoms with Crippen molar-refractivity contribution < 1.29 is 23.0 Å². The molecule has 23 heavy (non-hydrogen) atoms. The maximum atomic E-state index is 12.4. The predicted molar refractivity (Wildman–Crippen MR) is 76.0 cm³/mol. The SMILES string of the molecule is COc1ccc(C(=O)N(CCC#N)CCC#N)cc1OC(F)F. The molecule has 0 aromatic heterocycles. The topological polar surface area (TPSA) is 86.4 Å². The predicted octanol–water partition coefficient (Wildman–Crippen LogP) is 2.57. The average molecular weight is 323 g/mol. The Hall–Kier alpha value is -2.87. The number of carbonyl (C=O) groups excluding carboxylic acids is 1. The highest BCUT2D eigenvalue weighted by Crippen LogP contribution is 2.30. The van der Waals surface area contributed by atoms with Gasteiger partial charge in [-0.1, -0.05) is 0 Å². The molecule has 0 radical (unpaired) electrons. The number of nitriles is 2. The number of halogens is 2. The Kier molecular flexibility index (Phi) is 7.28. The van der Waals surface area contributed by atoms with Crippen LogP contribution in [-0.4, -0.2) is 37.6 Å². The largest absolute Gasteiger partial charge is 0.493 e. The van der Waals surface area contributed by atoms with Gasteiger partial charge in [-0.3, -0.25) is 4.79 Å². The summed E-state index contributed by atoms with van der Waals surface area (Å²) in [6, 6.07) is 7.74. The lowest BCUT2D eigenvalue weighted by Gasteiger charge is -2.21. The van der Waals surface area contributed by atoms with Crippen LogP contribution in [-0.2, 0) is 0 Å². The Morgan fingerprint density at radius 3 is 2.30 bits per heavy atom. The third-order valence-electron chi connectivity index (χ3n) is 2.90. The lowest BCUT2D eigenvalue weighted by molar-refractivity contribution is -0.0512. The van der Waals surface area contributed by atoms with Crippen molar-refractivity contribution in [3.63, 3.8) is 0 Å². The minimum Gasteiger partial charge on any atom is -0.493 e. The number of carbonyl (C=O) groups is 1. The molecule has 0 spiro atoms. The zero-order valence-corrected chi connectivity index (χ0v) is 12.5. The van der Waals surface area contributed by atoms with E-state index in [2.05, 4.69) is 4.74 Å². The van der Waals surface area contributed by atoms with E-state index in [0.29, 0.717) is 0 Å². The molecule has 6 nitrogen and oxygen atoms in total. The van der Waals surface area contributed by atoms with Crippen molar-refractivity contribution in [2.75, 3.05) is 20.2 Å². The molecule has 0 bridgehead atoms. The number of hydrogen-bond donors (Lipinski definition) is 0. The maximum absolute atomic E-state index is 12.4. The summed E-state index contributed by atoms with van der Waals surface area (Å²) in [4.78, 5) is 13.7. The highest BCUT2D eigenvalue weighted by atomic mass is 19.3. The molecule has 0 saturated carbocycles. The van der Waals surface area contributed by atoms with Crippen molar-refractivity contribution >= 4 is 5.91 Å². The molecule has 1 rings (SSSR count). The average Bonchev–Trinajstić information content (AvgIpc) is 2.54. The monoisotopic (exact) mass is 323 g/mol. The van der Waals surface area contributed by atoms with E-state index >= 15 is 0 Å². The van der Waals surface area contributed by atoms with Crippen molar-refractivity contribution in [1.82, 2.24) is 4.90 Å². The van der Waals surface area contributed by atoms with Gasteiger partial charge >= 0.3 is 6.61 Å². The van der Waals surface area contributed by atoms with Crippen LogP contribution in [0.2, 0.25) is 0 Å². The molecule has 122 valence electrons. The Morgan fingerprint density at radius 1 is 1.22 bits per heavy atom. The quantitative estimate of drug-likeness (QED) is 0.734. The maximum Gasteiger partial charge on any atom is 0.387 e. The highest BCUT2D eigenvalue weighted by Gasteiger charge is 2.19. The van der Waals surface area contributed by atoms with Gasteiger partial charge in [-0.05, 0) is 18.2 Å². The summed E-state index contributed by atoms with van der Waals surface area (Å²) in [5.74, 6) is -0.659. The summed E-state index contributed by atoms with van der Waals surface area (Å²) in [5.41, 5.74) is 0.109. The van der Waals surface area contributed by atoms with Crippen LogP contribution in [0.25, 0.3) is 0 Å². The van der Waals surface area contributed by atoms with E-state index in [1.54, 1.807) is 0 Å². The molecule has 1 amide bonds. The fraction of sp³-hybridized carbons (Fsp3) is 0.400. The summed E-state index contributed by atoms with van der Waals surface area (Å²) in [7, 11) is 1.29. The highest BCUT2D eigenvalue weighted by molar-refractivity contribution is 5.95. The summed E-state index contributed by atoms with van der Waals surface area (Å²) >= 11 is 0. The van der Waals surface area contributed by atoms with Crippen LogP contribution < -0.4 is 9.47 Å². The smallest absolute Gasteiger partial charge is 0.387 e. The van der Waals surface area contributed by atoms with Crippen molar-refractivity contribution in [1.29, 1.82) is 10.5 Å². The van der Waals surface area contributed by atoms with Gasteiger partial charge in [0, 0.05) is 18.7 Å². The molecular formula is C15H15F2N3O3. The zero-order chi connectivity index (χ0) is 17.2. The molecule has 0 fully saturated rings. The van der Waals surface area contributed by atoms with E-state index in [9.17, 15) is 13.6 Å². The van der Waals surface area contributed by atoms with Crippen LogP contribution in [0.15, 0.2) is 18.2 Å². The lowest BCUT2D eigenvalue weighted by atomic mass is 10.1. The normalized spacial score (nSPS) is 9.83. The van der Waals surface area contributed by atoms with Gasteiger partial charge in [-0.15, -0.1) is 0 Å². The second-order valence-corrected chi connectivity index (χ2v) is 4.35. The molecule has 8 heteroatoms. The van der Waals surface area contributed by atoms with Gasteiger partial charge in [-0.2, -0.15) is 19.3 Å². The van der Waals surface area contributed by atoms with E-state index in [4.69, 9.17) is 15.3 Å². The molecule has 0 aliphatic carbocycles. The molecule has 0 aliphatic rings. The molecular weight excluding hydrogens is 308 g/mol. The Balaban J connectivity index is 3.03. The number of ether oxygens (including phenoxy) is 2. The van der Waals surface area contributed by atoms with Crippen LogP contribution in [0.4, 0.5) is 8.78 Å². The van der Waals surface area contributed by atoms with Crippen LogP contribution in [0.1, 0.15) is 23.2 Å². The van der Waals surface area contributed by atoms with Gasteiger partial charge in [0.25, 0.3) is 5.91 Å². The number of nitrogens with zero attached hydrogens (tertiary/aromatic N) is 3. The van der Waals surface area contributed by atoms with E-state index < -0.39 is 12.5 Å². The second kappa shape index (κ2) is 9.21. The van der Waals surface area contributed by atoms with Gasteiger partial charge in [0.2, 0.25) is 0 Å². The Bertz CT molecular complexity index is 605. The number of rotatable bonds is 8. The number of benzene rings is 1. The molecule has 0 heterocycles. The molecule has 1 aromatic carbocycles. The van der Waals surface area contributed by atoms with E-state index in [1.807, 2.05) is 12.1 Å². The lowest BCUT2D eigenvalue weighted by Crippen LogP contribution is -2.32. The molecule has 0 aliphatic heterocycles. The third-order valence-corrected chi connectivity index (χ3v) is 2.90. The molecule has 0 atom stereocenters. The summed E-state index contributed by atoms with van der Waals surface area (Å²) in [6.07, 6.45) is 0.210. The molecule has 0 N–H and O–H groups in total. The van der Waals surface area contributed by atoms with Crippen molar-refractivity contribution in [2.45, 2.75) is 19.5 Å². The first-order valence-corrected chi connectivity index (χ1v) is 6.69. The molecule has 1 aromatic rings. The van der Waals surface area contributed by atoms with E-state index in [-0.39, 0.29) is 43.0 Å². The van der Waals surface area contributed by atoms with E-state index in [0.717, 1.165) is 6.07 Å². The second-order valence-electron chi connectivity index (χ2n) is 4.35. The van der Waals surface area contributed by atoms with Gasteiger partial charge in [0.05, 0.1) is 32.1 Å². The fourth-order valence-corrected chi connectivity index (χ4v) is 1.87. The Labute approximate surface area is 132 Å². The number of alkyl halides is 2. The standard InChI is InChI=1S/C15H15F2N3O3/c1-22-12-5-4-11(10-13(12)23-15(16)17)14(21)20(8-2-6-18)9-3-7-19/h4-5,10,15H,2-3,8-9H2,1H3. The molecule has 0 unspecified atom stereocenters. The number of amides is 1. The van der Waals surface area contributed by atoms with Crippen LogP contribution in [0.5, 0.6) is 11.5 Å². The summed E-state index contributed by atoms with van der Waals surface area (Å²) in [5, 5.41) is 17.3. The zero-order valence-electron chi connectivity index (χ0n) is 12.5. The Morgan fingerprint density at radius 2 is 1.83 bits per heavy atom. The fourth-order valence-electron chi connectivity index (χ4n) is 1.87. The molecule has 0 saturated heterocycles. The van der Waals surface area contributed by atoms with Gasteiger partial charge in [0.1, 0.15) is 0 Å². The van der Waals surface area contributed by atoms with Gasteiger partial charge in [-0.25, -0.2) is 0 Å². The summed E-state index contributed by atoms with van der Waals surface area (Å²) in [6.45, 7) is -2.76. The van der Waals surface area contributed by atoms with Gasteiger partial charge in [0.15, 0.2) is 11.5 Å². The van der Waals surface area contributed by atoms with Crippen molar-refractivity contribution in [3.8, 4) is 23.6 Å². The van der Waals surface area contributed by atoms with Crippen molar-refractivity contribution in [2.24, 2.45) is 0 Å².